The number of alkyl halides is 1. The summed E-state index contributed by atoms with van der Waals surface area (Å²) in [4.78, 5) is 11.1. The van der Waals surface area contributed by atoms with Crippen LogP contribution in [0.5, 0.6) is 0 Å². The van der Waals surface area contributed by atoms with Crippen LogP contribution in [0.25, 0.3) is 0 Å². The molecule has 0 fully saturated rings. The van der Waals surface area contributed by atoms with Crippen LogP contribution in [0.2, 0.25) is 5.02 Å². The zero-order valence-corrected chi connectivity index (χ0v) is 11.4. The molecule has 8 heteroatoms. The number of benzene rings is 1. The van der Waals surface area contributed by atoms with E-state index in [0.29, 0.717) is 0 Å². The van der Waals surface area contributed by atoms with E-state index in [-0.39, 0.29) is 19.0 Å². The summed E-state index contributed by atoms with van der Waals surface area (Å²) in [7, 11) is 0. The van der Waals surface area contributed by atoms with E-state index in [4.69, 9.17) is 17.3 Å². The van der Waals surface area contributed by atoms with Crippen LogP contribution in [0.15, 0.2) is 12.1 Å². The Morgan fingerprint density at radius 3 is 2.58 bits per heavy atom. The van der Waals surface area contributed by atoms with E-state index in [9.17, 15) is 18.0 Å². The first-order valence-electron chi connectivity index (χ1n) is 5.09. The lowest BCUT2D eigenvalue weighted by Crippen LogP contribution is -2.32. The zero-order chi connectivity index (χ0) is 13.9. The standard InChI is InChI=1S/C11H11ClF3NO2.ClH/c1-2-18-11(17)9(15)10(16)7-6(13)4-3-5(12)8(7)14;/h3-4,9-10H,2,16H2,1H3;1H/t9?,10-;/m0./s1. The van der Waals surface area contributed by atoms with Crippen molar-refractivity contribution < 1.29 is 22.7 Å². The molecule has 0 aliphatic heterocycles. The summed E-state index contributed by atoms with van der Waals surface area (Å²) in [6, 6.07) is 0.00108. The molecule has 0 bridgehead atoms. The summed E-state index contributed by atoms with van der Waals surface area (Å²) < 4.78 is 44.9. The first-order chi connectivity index (χ1) is 8.40. The Morgan fingerprint density at radius 2 is 2.05 bits per heavy atom. The van der Waals surface area contributed by atoms with Crippen molar-refractivity contribution in [3.63, 3.8) is 0 Å². The van der Waals surface area contributed by atoms with Gasteiger partial charge in [-0.2, -0.15) is 0 Å². The summed E-state index contributed by atoms with van der Waals surface area (Å²) >= 11 is 5.44. The van der Waals surface area contributed by atoms with Crippen LogP contribution in [-0.2, 0) is 9.53 Å². The van der Waals surface area contributed by atoms with Crippen LogP contribution in [-0.4, -0.2) is 18.7 Å². The van der Waals surface area contributed by atoms with Gasteiger partial charge in [-0.1, -0.05) is 11.6 Å². The molecule has 0 aliphatic carbocycles. The van der Waals surface area contributed by atoms with Crippen LogP contribution in [0, 0.1) is 11.6 Å². The molecule has 1 rings (SSSR count). The van der Waals surface area contributed by atoms with Gasteiger partial charge in [0.15, 0.2) is 0 Å². The van der Waals surface area contributed by atoms with E-state index in [1.807, 2.05) is 0 Å². The number of hydrogen-bond donors (Lipinski definition) is 1. The highest BCUT2D eigenvalue weighted by molar-refractivity contribution is 6.30. The van der Waals surface area contributed by atoms with Crippen LogP contribution in [0.1, 0.15) is 18.5 Å². The Hall–Kier alpha value is -0.980. The van der Waals surface area contributed by atoms with Gasteiger partial charge in [0.1, 0.15) is 11.6 Å². The second-order valence-electron chi connectivity index (χ2n) is 3.44. The number of nitrogens with two attached hydrogens (primary N) is 1. The highest BCUT2D eigenvalue weighted by atomic mass is 35.5. The SMILES string of the molecule is CCOC(=O)C(F)[C@@H](N)c1c(F)ccc(Cl)c1F.Cl. The fraction of sp³-hybridized carbons (Fsp3) is 0.364. The molecule has 2 N–H and O–H groups in total. The third kappa shape index (κ3) is 3.99. The van der Waals surface area contributed by atoms with Crippen molar-refractivity contribution in [1.29, 1.82) is 0 Å². The molecule has 3 nitrogen and oxygen atoms in total. The molecule has 0 spiro atoms. The highest BCUT2D eigenvalue weighted by Crippen LogP contribution is 2.28. The molecule has 2 atom stereocenters. The van der Waals surface area contributed by atoms with Gasteiger partial charge in [0, 0.05) is 5.56 Å². The molecule has 0 saturated heterocycles. The van der Waals surface area contributed by atoms with E-state index in [1.54, 1.807) is 0 Å². The molecular weight excluding hydrogens is 306 g/mol. The van der Waals surface area contributed by atoms with Gasteiger partial charge in [-0.15, -0.1) is 12.4 Å². The molecular formula is C11H12Cl2F3NO2. The number of ether oxygens (including phenoxy) is 1. The summed E-state index contributed by atoms with van der Waals surface area (Å²) in [5.74, 6) is -3.53. The molecule has 0 aromatic heterocycles. The Morgan fingerprint density at radius 1 is 1.47 bits per heavy atom. The molecule has 1 aromatic rings. The third-order valence-electron chi connectivity index (χ3n) is 2.24. The lowest BCUT2D eigenvalue weighted by atomic mass is 10.0. The smallest absolute Gasteiger partial charge is 0.342 e. The minimum Gasteiger partial charge on any atom is -0.464 e. The average Bonchev–Trinajstić information content (AvgIpc) is 2.33. The van der Waals surface area contributed by atoms with Gasteiger partial charge >= 0.3 is 5.97 Å². The van der Waals surface area contributed by atoms with E-state index < -0.39 is 40.4 Å². The number of hydrogen-bond acceptors (Lipinski definition) is 3. The maximum atomic E-state index is 13.6. The van der Waals surface area contributed by atoms with E-state index in [2.05, 4.69) is 4.74 Å². The predicted molar refractivity (Wildman–Crippen MR) is 67.1 cm³/mol. The topological polar surface area (TPSA) is 52.3 Å². The maximum absolute atomic E-state index is 13.6. The summed E-state index contributed by atoms with van der Waals surface area (Å²) in [5.41, 5.74) is 4.55. The van der Waals surface area contributed by atoms with Gasteiger partial charge in [-0.25, -0.2) is 18.0 Å². The van der Waals surface area contributed by atoms with Crippen molar-refractivity contribution >= 4 is 30.0 Å². The second kappa shape index (κ2) is 7.57. The van der Waals surface area contributed by atoms with Crippen LogP contribution in [0.3, 0.4) is 0 Å². The number of carbonyl (C=O) groups is 1. The quantitative estimate of drug-likeness (QED) is 0.686. The summed E-state index contributed by atoms with van der Waals surface area (Å²) in [5, 5.41) is -0.405. The van der Waals surface area contributed by atoms with Gasteiger partial charge in [0.2, 0.25) is 6.17 Å². The number of esters is 1. The average molecular weight is 318 g/mol. The molecule has 108 valence electrons. The highest BCUT2D eigenvalue weighted by Gasteiger charge is 2.32. The lowest BCUT2D eigenvalue weighted by molar-refractivity contribution is -0.150. The molecule has 0 aliphatic rings. The Kier molecular flexibility index (Phi) is 7.18. The molecule has 0 amide bonds. The van der Waals surface area contributed by atoms with E-state index >= 15 is 0 Å². The fourth-order valence-corrected chi connectivity index (χ4v) is 1.53. The van der Waals surface area contributed by atoms with Crippen molar-refractivity contribution in [2.24, 2.45) is 5.73 Å². The number of halogens is 5. The largest absolute Gasteiger partial charge is 0.464 e. The molecule has 0 radical (unpaired) electrons. The monoisotopic (exact) mass is 317 g/mol. The lowest BCUT2D eigenvalue weighted by Gasteiger charge is -2.17. The fourth-order valence-electron chi connectivity index (χ4n) is 1.36. The zero-order valence-electron chi connectivity index (χ0n) is 9.83. The maximum Gasteiger partial charge on any atom is 0.342 e. The summed E-state index contributed by atoms with van der Waals surface area (Å²) in [6.07, 6.45) is -2.37. The molecule has 19 heavy (non-hydrogen) atoms. The minimum absolute atomic E-state index is 0. The first kappa shape index (κ1) is 18.0. The van der Waals surface area contributed by atoms with Gasteiger partial charge in [0.05, 0.1) is 17.7 Å². The second-order valence-corrected chi connectivity index (χ2v) is 3.84. The van der Waals surface area contributed by atoms with Crippen LogP contribution >= 0.6 is 24.0 Å². The number of rotatable bonds is 4. The third-order valence-corrected chi connectivity index (χ3v) is 2.53. The van der Waals surface area contributed by atoms with Gasteiger partial charge in [0.25, 0.3) is 0 Å². The Balaban J connectivity index is 0.00000324. The molecule has 0 saturated carbocycles. The van der Waals surface area contributed by atoms with Crippen molar-refractivity contribution in [3.8, 4) is 0 Å². The first-order valence-corrected chi connectivity index (χ1v) is 5.47. The Labute approximate surface area is 119 Å². The van der Waals surface area contributed by atoms with Crippen molar-refractivity contribution in [3.05, 3.63) is 34.4 Å². The molecule has 1 unspecified atom stereocenters. The van der Waals surface area contributed by atoms with Crippen LogP contribution in [0.4, 0.5) is 13.2 Å². The normalized spacial score (nSPS) is 13.4. The van der Waals surface area contributed by atoms with E-state index in [1.165, 1.54) is 6.92 Å². The number of carbonyl (C=O) groups excluding carboxylic acids is 1. The van der Waals surface area contributed by atoms with Crippen molar-refractivity contribution in [2.45, 2.75) is 19.1 Å². The summed E-state index contributed by atoms with van der Waals surface area (Å²) in [6.45, 7) is 1.41. The van der Waals surface area contributed by atoms with E-state index in [0.717, 1.165) is 12.1 Å². The van der Waals surface area contributed by atoms with Crippen molar-refractivity contribution in [1.82, 2.24) is 0 Å². The van der Waals surface area contributed by atoms with Gasteiger partial charge in [-0.05, 0) is 19.1 Å². The molecule has 1 aromatic carbocycles. The molecule has 0 heterocycles. The van der Waals surface area contributed by atoms with Crippen molar-refractivity contribution in [2.75, 3.05) is 6.61 Å². The Bertz CT molecular complexity index is 460. The minimum atomic E-state index is -2.37. The predicted octanol–water partition coefficient (Wildman–Crippen LogP) is 2.94. The van der Waals surface area contributed by atoms with Gasteiger partial charge in [-0.3, -0.25) is 0 Å². The van der Waals surface area contributed by atoms with Crippen LogP contribution < -0.4 is 5.73 Å². The van der Waals surface area contributed by atoms with Gasteiger partial charge < -0.3 is 10.5 Å².